The molecule has 0 aliphatic rings. The maximum Gasteiger partial charge on any atom is 0.137 e. The smallest absolute Gasteiger partial charge is 0.137 e. The Morgan fingerprint density at radius 3 is 2.71 bits per heavy atom. The van der Waals surface area contributed by atoms with Gasteiger partial charge in [0, 0.05) is 13.0 Å². The first-order chi connectivity index (χ1) is 9.97. The number of nitrogens with one attached hydrogen (secondary N) is 1. The third kappa shape index (κ3) is 3.53. The number of hydrogen-bond donors (Lipinski definition) is 2. The Bertz CT molecular complexity index is 642. The summed E-state index contributed by atoms with van der Waals surface area (Å²) >= 11 is 6.78. The molecule has 0 spiro atoms. The minimum absolute atomic E-state index is 0.125. The van der Waals surface area contributed by atoms with Crippen molar-refractivity contribution in [1.82, 2.24) is 15.2 Å². The maximum absolute atomic E-state index is 13.4. The van der Waals surface area contributed by atoms with Gasteiger partial charge in [-0.2, -0.15) is 5.10 Å². The first-order valence-electron chi connectivity index (χ1n) is 6.60. The summed E-state index contributed by atoms with van der Waals surface area (Å²) in [6.07, 6.45) is 0.657. The Morgan fingerprint density at radius 2 is 2.14 bits per heavy atom. The van der Waals surface area contributed by atoms with Crippen LogP contribution in [0.3, 0.4) is 0 Å². The molecule has 2 rings (SSSR count). The van der Waals surface area contributed by atoms with E-state index in [1.165, 1.54) is 6.07 Å². The van der Waals surface area contributed by atoms with Gasteiger partial charge >= 0.3 is 0 Å². The number of nitrogens with zero attached hydrogens (tertiary/aromatic N) is 2. The van der Waals surface area contributed by atoms with E-state index >= 15 is 0 Å². The second kappa shape index (κ2) is 7.00. The average Bonchev–Trinajstić information content (AvgIpc) is 2.75. The largest absolute Gasteiger partial charge is 0.271 e. The quantitative estimate of drug-likeness (QED) is 0.574. The van der Waals surface area contributed by atoms with Gasteiger partial charge in [0.2, 0.25) is 0 Å². The third-order valence-corrected chi connectivity index (χ3v) is 5.04. The number of aryl methyl sites for hydroxylation is 2. The van der Waals surface area contributed by atoms with Crippen molar-refractivity contribution in [2.24, 2.45) is 5.84 Å². The normalized spacial score (nSPS) is 12.7. The summed E-state index contributed by atoms with van der Waals surface area (Å²) < 4.78 is 16.7. The minimum Gasteiger partial charge on any atom is -0.271 e. The van der Waals surface area contributed by atoms with Crippen molar-refractivity contribution in [2.45, 2.75) is 32.9 Å². The molecule has 21 heavy (non-hydrogen) atoms. The molecule has 1 heterocycles. The summed E-state index contributed by atoms with van der Waals surface area (Å²) in [5.74, 6) is 5.40. The highest BCUT2D eigenvalue weighted by atomic mass is 79.9. The third-order valence-electron chi connectivity index (χ3n) is 3.40. The highest BCUT2D eigenvalue weighted by Gasteiger charge is 2.19. The van der Waals surface area contributed by atoms with Gasteiger partial charge < -0.3 is 0 Å². The molecule has 0 fully saturated rings. The van der Waals surface area contributed by atoms with E-state index in [9.17, 15) is 4.39 Å². The Hall–Kier alpha value is -0.760. The van der Waals surface area contributed by atoms with Crippen LogP contribution in [-0.2, 0) is 13.0 Å². The zero-order valence-corrected chi connectivity index (χ0v) is 15.0. The van der Waals surface area contributed by atoms with Crippen LogP contribution >= 0.6 is 31.9 Å². The van der Waals surface area contributed by atoms with E-state index in [0.29, 0.717) is 10.9 Å². The number of nitrogens with two attached hydrogens (primary N) is 1. The number of benzene rings is 1. The van der Waals surface area contributed by atoms with Gasteiger partial charge in [0.15, 0.2) is 0 Å². The molecule has 0 amide bonds. The number of rotatable bonds is 5. The van der Waals surface area contributed by atoms with E-state index in [1.807, 2.05) is 18.5 Å². The number of halogens is 3. The molecule has 114 valence electrons. The zero-order valence-electron chi connectivity index (χ0n) is 11.8. The monoisotopic (exact) mass is 418 g/mol. The van der Waals surface area contributed by atoms with Crippen molar-refractivity contribution in [3.63, 3.8) is 0 Å². The second-order valence-corrected chi connectivity index (χ2v) is 6.41. The summed E-state index contributed by atoms with van der Waals surface area (Å²) in [6, 6.07) is 4.78. The van der Waals surface area contributed by atoms with Gasteiger partial charge in [-0.1, -0.05) is 6.07 Å². The molecule has 0 aliphatic heterocycles. The Labute approximate surface area is 140 Å². The summed E-state index contributed by atoms with van der Waals surface area (Å²) in [4.78, 5) is 0. The van der Waals surface area contributed by atoms with Crippen molar-refractivity contribution in [3.8, 4) is 0 Å². The summed E-state index contributed by atoms with van der Waals surface area (Å²) in [5, 5.41) is 4.47. The van der Waals surface area contributed by atoms with E-state index in [2.05, 4.69) is 42.4 Å². The molecule has 0 bridgehead atoms. The fourth-order valence-corrected chi connectivity index (χ4v) is 3.10. The number of aromatic nitrogens is 2. The van der Waals surface area contributed by atoms with Gasteiger partial charge in [-0.3, -0.25) is 16.0 Å². The van der Waals surface area contributed by atoms with Crippen molar-refractivity contribution in [3.05, 3.63) is 49.9 Å². The van der Waals surface area contributed by atoms with E-state index in [4.69, 9.17) is 5.84 Å². The lowest BCUT2D eigenvalue weighted by Crippen LogP contribution is -2.30. The highest BCUT2D eigenvalue weighted by molar-refractivity contribution is 9.10. The molecule has 0 aliphatic carbocycles. The average molecular weight is 420 g/mol. The van der Waals surface area contributed by atoms with Crippen LogP contribution in [0.15, 0.2) is 27.1 Å². The summed E-state index contributed by atoms with van der Waals surface area (Å²) in [7, 11) is 0. The zero-order chi connectivity index (χ0) is 15.6. The molecule has 7 heteroatoms. The van der Waals surface area contributed by atoms with Crippen LogP contribution in [0.25, 0.3) is 0 Å². The molecular formula is C14H17Br2FN4. The van der Waals surface area contributed by atoms with E-state index in [1.54, 1.807) is 12.1 Å². The lowest BCUT2D eigenvalue weighted by atomic mass is 10.0. The van der Waals surface area contributed by atoms with Crippen LogP contribution in [0.1, 0.15) is 29.9 Å². The van der Waals surface area contributed by atoms with Crippen LogP contribution in [-0.4, -0.2) is 9.78 Å². The summed E-state index contributed by atoms with van der Waals surface area (Å²) in [5.41, 5.74) is 5.73. The lowest BCUT2D eigenvalue weighted by Gasteiger charge is -2.18. The topological polar surface area (TPSA) is 55.9 Å². The van der Waals surface area contributed by atoms with Gasteiger partial charge in [0.1, 0.15) is 5.82 Å². The van der Waals surface area contributed by atoms with Gasteiger partial charge in [-0.05, 0) is 63.4 Å². The molecule has 1 unspecified atom stereocenters. The van der Waals surface area contributed by atoms with Crippen LogP contribution in [0, 0.1) is 12.7 Å². The van der Waals surface area contributed by atoms with Crippen molar-refractivity contribution >= 4 is 31.9 Å². The molecule has 1 aromatic heterocycles. The molecular weight excluding hydrogens is 403 g/mol. The van der Waals surface area contributed by atoms with Crippen LogP contribution in [0.2, 0.25) is 0 Å². The molecule has 0 saturated carbocycles. The van der Waals surface area contributed by atoms with Crippen molar-refractivity contribution in [2.75, 3.05) is 0 Å². The van der Waals surface area contributed by atoms with Gasteiger partial charge in [-0.15, -0.1) is 0 Å². The predicted octanol–water partition coefficient (Wildman–Crippen LogP) is 3.62. The number of hydrogen-bond acceptors (Lipinski definition) is 3. The standard InChI is InChI=1S/C14H17Br2FN4/c1-3-21-13(14(16)8(2)20-21)7-12(19-18)9-4-5-11(17)10(15)6-9/h4-6,12,19H,3,7,18H2,1-2H3. The van der Waals surface area contributed by atoms with E-state index < -0.39 is 0 Å². The van der Waals surface area contributed by atoms with Crippen LogP contribution < -0.4 is 11.3 Å². The van der Waals surface area contributed by atoms with Gasteiger partial charge in [0.25, 0.3) is 0 Å². The minimum atomic E-state index is -0.287. The molecule has 2 aromatic rings. The summed E-state index contributed by atoms with van der Waals surface area (Å²) in [6.45, 7) is 4.78. The maximum atomic E-state index is 13.4. The lowest BCUT2D eigenvalue weighted by molar-refractivity contribution is 0.514. The van der Waals surface area contributed by atoms with Crippen LogP contribution in [0.4, 0.5) is 4.39 Å². The fourth-order valence-electron chi connectivity index (χ4n) is 2.26. The molecule has 4 nitrogen and oxygen atoms in total. The fraction of sp³-hybridized carbons (Fsp3) is 0.357. The van der Waals surface area contributed by atoms with Crippen LogP contribution in [0.5, 0.6) is 0 Å². The molecule has 3 N–H and O–H groups in total. The Morgan fingerprint density at radius 1 is 1.43 bits per heavy atom. The van der Waals surface area contributed by atoms with E-state index in [-0.39, 0.29) is 11.9 Å². The first kappa shape index (κ1) is 16.6. The second-order valence-electron chi connectivity index (χ2n) is 4.76. The SMILES string of the molecule is CCn1nc(C)c(Br)c1CC(NN)c1ccc(F)c(Br)c1. The van der Waals surface area contributed by atoms with Gasteiger partial charge in [-0.25, -0.2) is 4.39 Å². The predicted molar refractivity (Wildman–Crippen MR) is 88.2 cm³/mol. The molecule has 1 aromatic carbocycles. The highest BCUT2D eigenvalue weighted by Crippen LogP contribution is 2.28. The van der Waals surface area contributed by atoms with E-state index in [0.717, 1.165) is 28.0 Å². The van der Waals surface area contributed by atoms with Crippen molar-refractivity contribution < 1.29 is 4.39 Å². The molecule has 0 radical (unpaired) electrons. The first-order valence-corrected chi connectivity index (χ1v) is 8.19. The van der Waals surface area contributed by atoms with Gasteiger partial charge in [0.05, 0.1) is 26.4 Å². The number of hydrazine groups is 1. The molecule has 1 atom stereocenters. The Balaban J connectivity index is 2.33. The molecule has 0 saturated heterocycles. The Kier molecular flexibility index (Phi) is 5.54. The van der Waals surface area contributed by atoms with Crippen molar-refractivity contribution in [1.29, 1.82) is 0 Å².